The number of rotatable bonds is 1. The average molecular weight is 228 g/mol. The van der Waals surface area contributed by atoms with Crippen molar-refractivity contribution in [3.63, 3.8) is 0 Å². The highest BCUT2D eigenvalue weighted by Crippen LogP contribution is 2.35. The lowest BCUT2D eigenvalue weighted by atomic mass is 9.84. The minimum atomic E-state index is -0.416. The Labute approximate surface area is 94.1 Å². The van der Waals surface area contributed by atoms with Gasteiger partial charge < -0.3 is 0 Å². The van der Waals surface area contributed by atoms with Crippen molar-refractivity contribution in [2.24, 2.45) is 0 Å². The first kappa shape index (κ1) is 10.9. The molecule has 1 aromatic rings. The lowest BCUT2D eigenvalue weighted by Crippen LogP contribution is -2.07. The maximum atomic E-state index is 13.6. The smallest absolute Gasteiger partial charge is 0.136 e. The highest BCUT2D eigenvalue weighted by molar-refractivity contribution is 7.80. The van der Waals surface area contributed by atoms with Crippen molar-refractivity contribution in [2.45, 2.75) is 42.9 Å². The summed E-state index contributed by atoms with van der Waals surface area (Å²) in [5.74, 6) is -0.532. The van der Waals surface area contributed by atoms with Crippen molar-refractivity contribution in [1.82, 2.24) is 0 Å². The number of benzene rings is 1. The Bertz CT molecular complexity index is 357. The van der Waals surface area contributed by atoms with Gasteiger partial charge in [-0.2, -0.15) is 0 Å². The molecule has 0 radical (unpaired) electrons. The molecule has 0 bridgehead atoms. The van der Waals surface area contributed by atoms with Gasteiger partial charge in [0.15, 0.2) is 0 Å². The summed E-state index contributed by atoms with van der Waals surface area (Å²) in [6, 6.07) is 2.50. The molecule has 2 rings (SSSR count). The Balaban J connectivity index is 2.30. The number of halogens is 2. The highest BCUT2D eigenvalue weighted by Gasteiger charge is 2.20. The molecule has 15 heavy (non-hydrogen) atoms. The molecule has 1 aromatic carbocycles. The second-order valence-electron chi connectivity index (χ2n) is 4.16. The quantitative estimate of drug-likeness (QED) is 0.681. The maximum absolute atomic E-state index is 13.6. The van der Waals surface area contributed by atoms with Crippen LogP contribution in [0.3, 0.4) is 0 Å². The molecule has 0 saturated heterocycles. The SMILES string of the molecule is Fc1cc(C2CCCCC2)c(F)cc1S. The van der Waals surface area contributed by atoms with E-state index in [1.54, 1.807) is 0 Å². The average Bonchev–Trinajstić information content (AvgIpc) is 2.25. The summed E-state index contributed by atoms with van der Waals surface area (Å²) < 4.78 is 26.9. The van der Waals surface area contributed by atoms with Gasteiger partial charge in [-0.3, -0.25) is 0 Å². The van der Waals surface area contributed by atoms with Crippen LogP contribution in [0.1, 0.15) is 43.6 Å². The molecule has 82 valence electrons. The molecule has 3 heteroatoms. The standard InChI is InChI=1S/C12H14F2S/c13-10-7-12(15)11(14)6-9(10)8-4-2-1-3-5-8/h6-8,15H,1-5H2. The molecule has 0 aliphatic heterocycles. The van der Waals surface area contributed by atoms with E-state index in [0.29, 0.717) is 5.56 Å². The van der Waals surface area contributed by atoms with Crippen LogP contribution in [0.25, 0.3) is 0 Å². The van der Waals surface area contributed by atoms with E-state index in [2.05, 4.69) is 12.6 Å². The summed E-state index contributed by atoms with van der Waals surface area (Å²) in [6.07, 6.45) is 5.40. The Hall–Kier alpha value is -0.570. The minimum Gasteiger partial charge on any atom is -0.207 e. The summed E-state index contributed by atoms with van der Waals surface area (Å²) in [4.78, 5) is 0.0899. The fourth-order valence-corrected chi connectivity index (χ4v) is 2.46. The zero-order valence-electron chi connectivity index (χ0n) is 8.47. The first-order chi connectivity index (χ1) is 7.18. The summed E-state index contributed by atoms with van der Waals surface area (Å²) in [5.41, 5.74) is 0.532. The third-order valence-electron chi connectivity index (χ3n) is 3.11. The summed E-state index contributed by atoms with van der Waals surface area (Å²) in [6.45, 7) is 0. The molecule has 0 unspecified atom stereocenters. The van der Waals surface area contributed by atoms with Crippen LogP contribution < -0.4 is 0 Å². The van der Waals surface area contributed by atoms with E-state index in [-0.39, 0.29) is 16.6 Å². The molecule has 1 aliphatic carbocycles. The predicted octanol–water partition coefficient (Wildman–Crippen LogP) is 4.30. The number of thiol groups is 1. The van der Waals surface area contributed by atoms with E-state index in [9.17, 15) is 8.78 Å². The highest BCUT2D eigenvalue weighted by atomic mass is 32.1. The van der Waals surface area contributed by atoms with Crippen LogP contribution in [0.4, 0.5) is 8.78 Å². The van der Waals surface area contributed by atoms with Crippen LogP contribution >= 0.6 is 12.6 Å². The van der Waals surface area contributed by atoms with Crippen molar-refractivity contribution >= 4 is 12.6 Å². The Kier molecular flexibility index (Phi) is 3.29. The largest absolute Gasteiger partial charge is 0.207 e. The summed E-state index contributed by atoms with van der Waals surface area (Å²) >= 11 is 3.86. The van der Waals surface area contributed by atoms with Crippen LogP contribution in [0.15, 0.2) is 17.0 Å². The number of hydrogen-bond donors (Lipinski definition) is 1. The van der Waals surface area contributed by atoms with Crippen molar-refractivity contribution in [1.29, 1.82) is 0 Å². The Morgan fingerprint density at radius 3 is 2.33 bits per heavy atom. The van der Waals surface area contributed by atoms with Gasteiger partial charge in [0.2, 0.25) is 0 Å². The van der Waals surface area contributed by atoms with Crippen molar-refractivity contribution in [2.75, 3.05) is 0 Å². The third kappa shape index (κ3) is 2.33. The molecule has 0 spiro atoms. The molecule has 0 amide bonds. The molecule has 1 fully saturated rings. The number of hydrogen-bond acceptors (Lipinski definition) is 1. The molecule has 0 heterocycles. The van der Waals surface area contributed by atoms with E-state index in [1.807, 2.05) is 0 Å². The second kappa shape index (κ2) is 4.52. The van der Waals surface area contributed by atoms with Gasteiger partial charge in [-0.1, -0.05) is 19.3 Å². The fraction of sp³-hybridized carbons (Fsp3) is 0.500. The third-order valence-corrected chi connectivity index (χ3v) is 3.45. The van der Waals surface area contributed by atoms with Crippen LogP contribution in [-0.2, 0) is 0 Å². The van der Waals surface area contributed by atoms with Gasteiger partial charge in [0.05, 0.1) is 0 Å². The van der Waals surface area contributed by atoms with E-state index >= 15 is 0 Å². The lowest BCUT2D eigenvalue weighted by Gasteiger charge is -2.22. The van der Waals surface area contributed by atoms with Gasteiger partial charge >= 0.3 is 0 Å². The van der Waals surface area contributed by atoms with Crippen molar-refractivity contribution in [3.8, 4) is 0 Å². The van der Waals surface area contributed by atoms with Gasteiger partial charge in [-0.05, 0) is 36.5 Å². The minimum absolute atomic E-state index is 0.0899. The topological polar surface area (TPSA) is 0 Å². The van der Waals surface area contributed by atoms with Crippen molar-refractivity contribution in [3.05, 3.63) is 29.3 Å². The first-order valence-electron chi connectivity index (χ1n) is 5.36. The maximum Gasteiger partial charge on any atom is 0.136 e. The Morgan fingerprint density at radius 2 is 1.67 bits per heavy atom. The van der Waals surface area contributed by atoms with E-state index in [1.165, 1.54) is 18.6 Å². The van der Waals surface area contributed by atoms with E-state index < -0.39 is 5.82 Å². The zero-order chi connectivity index (χ0) is 10.8. The van der Waals surface area contributed by atoms with Gasteiger partial charge in [-0.15, -0.1) is 12.6 Å². The molecular formula is C12H14F2S. The normalized spacial score (nSPS) is 18.1. The van der Waals surface area contributed by atoms with E-state index in [0.717, 1.165) is 25.7 Å². The summed E-state index contributed by atoms with van der Waals surface area (Å²) in [7, 11) is 0. The molecule has 1 aliphatic rings. The van der Waals surface area contributed by atoms with Gasteiger partial charge in [0.1, 0.15) is 11.6 Å². The van der Waals surface area contributed by atoms with Crippen LogP contribution in [0, 0.1) is 11.6 Å². The predicted molar refractivity (Wildman–Crippen MR) is 59.4 cm³/mol. The molecule has 0 atom stereocenters. The first-order valence-corrected chi connectivity index (χ1v) is 5.81. The molecule has 0 aromatic heterocycles. The zero-order valence-corrected chi connectivity index (χ0v) is 9.37. The molecule has 0 nitrogen and oxygen atoms in total. The van der Waals surface area contributed by atoms with Gasteiger partial charge in [0, 0.05) is 4.90 Å². The molecule has 0 N–H and O–H groups in total. The van der Waals surface area contributed by atoms with Gasteiger partial charge in [-0.25, -0.2) is 8.78 Å². The molecular weight excluding hydrogens is 214 g/mol. The Morgan fingerprint density at radius 1 is 1.00 bits per heavy atom. The fourth-order valence-electron chi connectivity index (χ4n) is 2.28. The van der Waals surface area contributed by atoms with Crippen molar-refractivity contribution < 1.29 is 8.78 Å². The monoisotopic (exact) mass is 228 g/mol. The second-order valence-corrected chi connectivity index (χ2v) is 4.64. The summed E-state index contributed by atoms with van der Waals surface area (Å²) in [5, 5.41) is 0. The van der Waals surface area contributed by atoms with E-state index in [4.69, 9.17) is 0 Å². The van der Waals surface area contributed by atoms with Crippen LogP contribution in [-0.4, -0.2) is 0 Å². The van der Waals surface area contributed by atoms with Crippen LogP contribution in [0.5, 0.6) is 0 Å². The molecule has 1 saturated carbocycles. The lowest BCUT2D eigenvalue weighted by molar-refractivity contribution is 0.426. The van der Waals surface area contributed by atoms with Crippen LogP contribution in [0.2, 0.25) is 0 Å². The van der Waals surface area contributed by atoms with Gasteiger partial charge in [0.25, 0.3) is 0 Å².